The number of carbonyl (C=O) groups is 1. The molecule has 0 heterocycles. The molecule has 2 atom stereocenters. The number of ether oxygens (including phenoxy) is 1. The number of non-ortho nitro benzene ring substituents is 1. The van der Waals surface area contributed by atoms with Crippen molar-refractivity contribution in [2.75, 3.05) is 5.73 Å². The van der Waals surface area contributed by atoms with Crippen LogP contribution in [0.3, 0.4) is 0 Å². The second-order valence-corrected chi connectivity index (χ2v) is 7.28. The SMILES string of the molecule is CC(C)(C)OC(=O)N[C@H]1CCC[C@@H](c2cc([N+](=O)[O-])ccc2N)C1. The van der Waals surface area contributed by atoms with Crippen molar-refractivity contribution in [2.24, 2.45) is 0 Å². The van der Waals surface area contributed by atoms with Gasteiger partial charge in [-0.25, -0.2) is 4.79 Å². The van der Waals surface area contributed by atoms with Crippen LogP contribution in [-0.4, -0.2) is 22.7 Å². The van der Waals surface area contributed by atoms with E-state index in [0.717, 1.165) is 24.8 Å². The van der Waals surface area contributed by atoms with Crippen molar-refractivity contribution in [1.82, 2.24) is 5.32 Å². The number of nitro groups is 1. The minimum absolute atomic E-state index is 0.0164. The van der Waals surface area contributed by atoms with Gasteiger partial charge >= 0.3 is 6.09 Å². The van der Waals surface area contributed by atoms with Crippen LogP contribution in [0.5, 0.6) is 0 Å². The number of nitrogens with zero attached hydrogens (tertiary/aromatic N) is 1. The summed E-state index contributed by atoms with van der Waals surface area (Å²) in [5.74, 6) is 0.0959. The highest BCUT2D eigenvalue weighted by molar-refractivity contribution is 5.68. The predicted molar refractivity (Wildman–Crippen MR) is 91.9 cm³/mol. The second-order valence-electron chi connectivity index (χ2n) is 7.28. The molecule has 0 unspecified atom stereocenters. The van der Waals surface area contributed by atoms with Gasteiger partial charge in [-0.2, -0.15) is 0 Å². The van der Waals surface area contributed by atoms with Crippen LogP contribution in [0.4, 0.5) is 16.2 Å². The Hall–Kier alpha value is -2.31. The summed E-state index contributed by atoms with van der Waals surface area (Å²) in [5.41, 5.74) is 6.87. The van der Waals surface area contributed by atoms with Gasteiger partial charge in [0.15, 0.2) is 0 Å². The molecule has 7 nitrogen and oxygen atoms in total. The molecule has 0 saturated heterocycles. The molecular formula is C17H25N3O4. The molecule has 0 radical (unpaired) electrons. The fourth-order valence-corrected chi connectivity index (χ4v) is 3.11. The highest BCUT2D eigenvalue weighted by atomic mass is 16.6. The van der Waals surface area contributed by atoms with Crippen molar-refractivity contribution < 1.29 is 14.5 Å². The molecule has 1 aliphatic rings. The number of rotatable bonds is 3. The molecule has 0 aliphatic heterocycles. The lowest BCUT2D eigenvalue weighted by Gasteiger charge is -2.31. The summed E-state index contributed by atoms with van der Waals surface area (Å²) in [5, 5.41) is 13.9. The molecule has 1 aliphatic carbocycles. The van der Waals surface area contributed by atoms with E-state index >= 15 is 0 Å². The van der Waals surface area contributed by atoms with Crippen molar-refractivity contribution in [3.8, 4) is 0 Å². The van der Waals surface area contributed by atoms with Crippen LogP contribution < -0.4 is 11.1 Å². The fourth-order valence-electron chi connectivity index (χ4n) is 3.11. The van der Waals surface area contributed by atoms with Crippen molar-refractivity contribution in [3.05, 3.63) is 33.9 Å². The van der Waals surface area contributed by atoms with E-state index in [4.69, 9.17) is 10.5 Å². The maximum atomic E-state index is 11.9. The molecule has 1 fully saturated rings. The number of hydrogen-bond donors (Lipinski definition) is 2. The van der Waals surface area contributed by atoms with Crippen LogP contribution in [0.1, 0.15) is 57.9 Å². The Kier molecular flexibility index (Phi) is 5.31. The van der Waals surface area contributed by atoms with Gasteiger partial charge in [0.2, 0.25) is 0 Å². The smallest absolute Gasteiger partial charge is 0.407 e. The first-order valence-electron chi connectivity index (χ1n) is 8.19. The number of benzene rings is 1. The van der Waals surface area contributed by atoms with Crippen molar-refractivity contribution in [2.45, 2.75) is 64.0 Å². The average molecular weight is 335 g/mol. The zero-order chi connectivity index (χ0) is 17.9. The molecule has 1 saturated carbocycles. The first kappa shape index (κ1) is 18.0. The molecular weight excluding hydrogens is 310 g/mol. The molecule has 1 aromatic rings. The van der Waals surface area contributed by atoms with Gasteiger partial charge in [0, 0.05) is 23.9 Å². The van der Waals surface area contributed by atoms with Gasteiger partial charge in [0.1, 0.15) is 5.60 Å². The number of nitrogen functional groups attached to an aromatic ring is 1. The largest absolute Gasteiger partial charge is 0.444 e. The Morgan fingerprint density at radius 3 is 2.71 bits per heavy atom. The lowest BCUT2D eigenvalue weighted by molar-refractivity contribution is -0.384. The summed E-state index contributed by atoms with van der Waals surface area (Å²) in [4.78, 5) is 22.5. The summed E-state index contributed by atoms with van der Waals surface area (Å²) >= 11 is 0. The summed E-state index contributed by atoms with van der Waals surface area (Å²) in [7, 11) is 0. The molecule has 7 heteroatoms. The number of amides is 1. The molecule has 0 spiro atoms. The van der Waals surface area contributed by atoms with Gasteiger partial charge < -0.3 is 15.8 Å². The molecule has 132 valence electrons. The van der Waals surface area contributed by atoms with E-state index in [1.807, 2.05) is 20.8 Å². The molecule has 2 rings (SSSR count). The topological polar surface area (TPSA) is 107 Å². The standard InChI is InChI=1S/C17H25N3O4/c1-17(2,3)24-16(21)19-12-6-4-5-11(9-12)14-10-13(20(22)23)7-8-15(14)18/h7-8,10-12H,4-6,9,18H2,1-3H3,(H,19,21)/t11-,12+/m1/s1. The van der Waals surface area contributed by atoms with Crippen LogP contribution in [0.15, 0.2) is 18.2 Å². The van der Waals surface area contributed by atoms with E-state index in [-0.39, 0.29) is 17.6 Å². The maximum absolute atomic E-state index is 11.9. The minimum atomic E-state index is -0.539. The third-order valence-corrected chi connectivity index (χ3v) is 4.12. The molecule has 3 N–H and O–H groups in total. The lowest BCUT2D eigenvalue weighted by atomic mass is 9.80. The second kappa shape index (κ2) is 7.07. The van der Waals surface area contributed by atoms with Gasteiger partial charge in [0.25, 0.3) is 5.69 Å². The summed E-state index contributed by atoms with van der Waals surface area (Å²) in [6.45, 7) is 5.46. The molecule has 0 bridgehead atoms. The minimum Gasteiger partial charge on any atom is -0.444 e. The number of alkyl carbamates (subject to hydrolysis) is 1. The van der Waals surface area contributed by atoms with Crippen molar-refractivity contribution in [1.29, 1.82) is 0 Å². The molecule has 1 aromatic carbocycles. The summed E-state index contributed by atoms with van der Waals surface area (Å²) < 4.78 is 5.29. The summed E-state index contributed by atoms with van der Waals surface area (Å²) in [6, 6.07) is 4.53. The Morgan fingerprint density at radius 2 is 2.08 bits per heavy atom. The number of nitrogens with two attached hydrogens (primary N) is 1. The Labute approximate surface area is 141 Å². The zero-order valence-electron chi connectivity index (χ0n) is 14.4. The summed E-state index contributed by atoms with van der Waals surface area (Å²) in [6.07, 6.45) is 2.96. The first-order valence-corrected chi connectivity index (χ1v) is 8.19. The highest BCUT2D eigenvalue weighted by Gasteiger charge is 2.28. The molecule has 1 amide bonds. The van der Waals surface area contributed by atoms with Crippen LogP contribution in [0.2, 0.25) is 0 Å². The van der Waals surface area contributed by atoms with E-state index in [2.05, 4.69) is 5.32 Å². The first-order chi connectivity index (χ1) is 11.2. The monoisotopic (exact) mass is 335 g/mol. The number of carbonyl (C=O) groups excluding carboxylic acids is 1. The highest BCUT2D eigenvalue weighted by Crippen LogP contribution is 2.37. The van der Waals surface area contributed by atoms with Crippen LogP contribution >= 0.6 is 0 Å². The van der Waals surface area contributed by atoms with Gasteiger partial charge in [0.05, 0.1) is 4.92 Å². The Balaban J connectivity index is 2.07. The average Bonchev–Trinajstić information content (AvgIpc) is 2.45. The number of hydrogen-bond acceptors (Lipinski definition) is 5. The van der Waals surface area contributed by atoms with Crippen LogP contribution in [-0.2, 0) is 4.74 Å². The zero-order valence-corrected chi connectivity index (χ0v) is 14.4. The normalized spacial score (nSPS) is 21.1. The van der Waals surface area contributed by atoms with E-state index in [1.165, 1.54) is 6.07 Å². The Morgan fingerprint density at radius 1 is 1.38 bits per heavy atom. The third kappa shape index (κ3) is 4.84. The third-order valence-electron chi connectivity index (χ3n) is 4.12. The van der Waals surface area contributed by atoms with E-state index < -0.39 is 16.6 Å². The van der Waals surface area contributed by atoms with Crippen LogP contribution in [0.25, 0.3) is 0 Å². The van der Waals surface area contributed by atoms with E-state index in [1.54, 1.807) is 12.1 Å². The van der Waals surface area contributed by atoms with E-state index in [0.29, 0.717) is 12.1 Å². The lowest BCUT2D eigenvalue weighted by Crippen LogP contribution is -2.41. The molecule has 0 aromatic heterocycles. The Bertz CT molecular complexity index is 625. The fraction of sp³-hybridized carbons (Fsp3) is 0.588. The number of anilines is 1. The molecule has 24 heavy (non-hydrogen) atoms. The van der Waals surface area contributed by atoms with Crippen molar-refractivity contribution in [3.63, 3.8) is 0 Å². The predicted octanol–water partition coefficient (Wildman–Crippen LogP) is 3.73. The van der Waals surface area contributed by atoms with Crippen molar-refractivity contribution >= 4 is 17.5 Å². The van der Waals surface area contributed by atoms with E-state index in [9.17, 15) is 14.9 Å². The number of nitrogens with one attached hydrogen (secondary N) is 1. The maximum Gasteiger partial charge on any atom is 0.407 e. The quantitative estimate of drug-likeness (QED) is 0.497. The van der Waals surface area contributed by atoms with Gasteiger partial charge in [-0.1, -0.05) is 6.42 Å². The van der Waals surface area contributed by atoms with Crippen LogP contribution in [0, 0.1) is 10.1 Å². The van der Waals surface area contributed by atoms with Gasteiger partial charge in [-0.3, -0.25) is 10.1 Å². The number of nitro benzene ring substituents is 1. The van der Waals surface area contributed by atoms with Gasteiger partial charge in [-0.15, -0.1) is 0 Å². The van der Waals surface area contributed by atoms with Gasteiger partial charge in [-0.05, 0) is 57.6 Å².